The van der Waals surface area contributed by atoms with Crippen LogP contribution < -0.4 is 4.84 Å². The SMILES string of the molecule is ClNCc1cc(Cl)ccc1-n1cnnn1. The van der Waals surface area contributed by atoms with E-state index in [-0.39, 0.29) is 0 Å². The van der Waals surface area contributed by atoms with Gasteiger partial charge in [0.15, 0.2) is 0 Å². The van der Waals surface area contributed by atoms with Crippen LogP contribution >= 0.6 is 23.4 Å². The smallest absolute Gasteiger partial charge is 0.143 e. The van der Waals surface area contributed by atoms with E-state index in [4.69, 9.17) is 23.4 Å². The lowest BCUT2D eigenvalue weighted by atomic mass is 10.2. The lowest BCUT2D eigenvalue weighted by molar-refractivity contribution is 0.776. The molecular weight excluding hydrogens is 237 g/mol. The monoisotopic (exact) mass is 243 g/mol. The predicted molar refractivity (Wildman–Crippen MR) is 56.9 cm³/mol. The number of aromatic nitrogens is 4. The zero-order valence-electron chi connectivity index (χ0n) is 7.56. The van der Waals surface area contributed by atoms with E-state index in [0.29, 0.717) is 11.6 Å². The first-order chi connectivity index (χ1) is 7.31. The van der Waals surface area contributed by atoms with Crippen molar-refractivity contribution in [3.63, 3.8) is 0 Å². The van der Waals surface area contributed by atoms with Gasteiger partial charge in [0.1, 0.15) is 6.33 Å². The third-order valence-electron chi connectivity index (χ3n) is 1.89. The Morgan fingerprint density at radius 3 is 2.93 bits per heavy atom. The van der Waals surface area contributed by atoms with Crippen molar-refractivity contribution >= 4 is 23.4 Å². The number of hydrogen-bond acceptors (Lipinski definition) is 4. The highest BCUT2D eigenvalue weighted by Gasteiger charge is 2.06. The van der Waals surface area contributed by atoms with Gasteiger partial charge < -0.3 is 0 Å². The van der Waals surface area contributed by atoms with Crippen LogP contribution in [0.3, 0.4) is 0 Å². The summed E-state index contributed by atoms with van der Waals surface area (Å²) in [6, 6.07) is 5.42. The summed E-state index contributed by atoms with van der Waals surface area (Å²) in [5.41, 5.74) is 1.77. The number of hydrogen-bond donors (Lipinski definition) is 1. The van der Waals surface area contributed by atoms with Gasteiger partial charge in [0, 0.05) is 11.6 Å². The van der Waals surface area contributed by atoms with Gasteiger partial charge in [0.05, 0.1) is 5.69 Å². The number of halogens is 2. The van der Waals surface area contributed by atoms with Gasteiger partial charge in [0.2, 0.25) is 0 Å². The van der Waals surface area contributed by atoms with Gasteiger partial charge in [0.25, 0.3) is 0 Å². The highest BCUT2D eigenvalue weighted by molar-refractivity contribution is 6.30. The lowest BCUT2D eigenvalue weighted by Gasteiger charge is -2.07. The summed E-state index contributed by atoms with van der Waals surface area (Å²) in [7, 11) is 0. The van der Waals surface area contributed by atoms with Crippen LogP contribution in [0.1, 0.15) is 5.56 Å². The van der Waals surface area contributed by atoms with E-state index in [0.717, 1.165) is 11.3 Å². The Kier molecular flexibility index (Phi) is 3.15. The van der Waals surface area contributed by atoms with Crippen LogP contribution in [0.25, 0.3) is 5.69 Å². The van der Waals surface area contributed by atoms with E-state index >= 15 is 0 Å². The van der Waals surface area contributed by atoms with Gasteiger partial charge in [-0.3, -0.25) is 0 Å². The molecule has 0 bridgehead atoms. The van der Waals surface area contributed by atoms with E-state index in [2.05, 4.69) is 20.4 Å². The van der Waals surface area contributed by atoms with Gasteiger partial charge in [-0.25, -0.2) is 9.52 Å². The van der Waals surface area contributed by atoms with Gasteiger partial charge in [-0.1, -0.05) is 11.6 Å². The van der Waals surface area contributed by atoms with Crippen molar-refractivity contribution in [1.29, 1.82) is 0 Å². The van der Waals surface area contributed by atoms with E-state index in [1.165, 1.54) is 6.33 Å². The van der Waals surface area contributed by atoms with Crippen LogP contribution in [-0.2, 0) is 6.54 Å². The first kappa shape index (κ1) is 10.4. The first-order valence-electron chi connectivity index (χ1n) is 4.16. The van der Waals surface area contributed by atoms with Crippen LogP contribution in [-0.4, -0.2) is 20.2 Å². The van der Waals surface area contributed by atoms with Crippen molar-refractivity contribution in [2.24, 2.45) is 0 Å². The number of nitrogens with zero attached hydrogens (tertiary/aromatic N) is 4. The fourth-order valence-electron chi connectivity index (χ4n) is 1.26. The summed E-state index contributed by atoms with van der Waals surface area (Å²) in [6.07, 6.45) is 1.51. The highest BCUT2D eigenvalue weighted by Crippen LogP contribution is 2.18. The molecule has 0 aliphatic rings. The molecule has 2 rings (SSSR count). The second kappa shape index (κ2) is 4.57. The maximum atomic E-state index is 5.88. The van der Waals surface area contributed by atoms with Gasteiger partial charge >= 0.3 is 0 Å². The fourth-order valence-corrected chi connectivity index (χ4v) is 1.60. The van der Waals surface area contributed by atoms with Crippen LogP contribution in [0.5, 0.6) is 0 Å². The quantitative estimate of drug-likeness (QED) is 0.832. The molecule has 1 aromatic carbocycles. The highest BCUT2D eigenvalue weighted by atomic mass is 35.5. The number of nitrogens with one attached hydrogen (secondary N) is 1. The predicted octanol–water partition coefficient (Wildman–Crippen LogP) is 1.56. The summed E-state index contributed by atoms with van der Waals surface area (Å²) in [6.45, 7) is 0.483. The van der Waals surface area contributed by atoms with Crippen LogP contribution in [0.15, 0.2) is 24.5 Å². The minimum Gasteiger partial charge on any atom is -0.229 e. The van der Waals surface area contributed by atoms with Crippen molar-refractivity contribution in [2.75, 3.05) is 0 Å². The maximum Gasteiger partial charge on any atom is 0.143 e. The van der Waals surface area contributed by atoms with E-state index in [1.807, 2.05) is 12.1 Å². The van der Waals surface area contributed by atoms with Crippen molar-refractivity contribution in [3.8, 4) is 5.69 Å². The molecule has 0 aliphatic heterocycles. The lowest BCUT2D eigenvalue weighted by Crippen LogP contribution is -2.05. The van der Waals surface area contributed by atoms with E-state index < -0.39 is 0 Å². The van der Waals surface area contributed by atoms with Gasteiger partial charge in [-0.05, 0) is 46.0 Å². The Morgan fingerprint density at radius 2 is 2.27 bits per heavy atom. The second-order valence-corrected chi connectivity index (χ2v) is 3.54. The zero-order chi connectivity index (χ0) is 10.7. The number of rotatable bonds is 3. The van der Waals surface area contributed by atoms with Crippen molar-refractivity contribution in [2.45, 2.75) is 6.54 Å². The molecule has 1 aromatic heterocycles. The fraction of sp³-hybridized carbons (Fsp3) is 0.125. The van der Waals surface area contributed by atoms with E-state index in [1.54, 1.807) is 10.7 Å². The van der Waals surface area contributed by atoms with Gasteiger partial charge in [-0.2, -0.15) is 0 Å². The van der Waals surface area contributed by atoms with Crippen molar-refractivity contribution < 1.29 is 0 Å². The molecule has 0 spiro atoms. The molecule has 1 heterocycles. The molecule has 0 unspecified atom stereocenters. The molecule has 1 N–H and O–H groups in total. The summed E-state index contributed by atoms with van der Waals surface area (Å²) >= 11 is 11.3. The molecule has 5 nitrogen and oxygen atoms in total. The second-order valence-electron chi connectivity index (χ2n) is 2.84. The van der Waals surface area contributed by atoms with Crippen LogP contribution in [0.4, 0.5) is 0 Å². The summed E-state index contributed by atoms with van der Waals surface area (Å²) in [5, 5.41) is 11.6. The van der Waals surface area contributed by atoms with E-state index in [9.17, 15) is 0 Å². The molecule has 0 saturated heterocycles. The molecule has 7 heteroatoms. The molecule has 2 aromatic rings. The molecular formula is C8H7Cl2N5. The molecule has 0 aliphatic carbocycles. The van der Waals surface area contributed by atoms with Crippen molar-refractivity contribution in [3.05, 3.63) is 35.1 Å². The number of benzene rings is 1. The largest absolute Gasteiger partial charge is 0.229 e. The molecule has 15 heavy (non-hydrogen) atoms. The topological polar surface area (TPSA) is 55.6 Å². The Labute approximate surface area is 96.1 Å². The Balaban J connectivity index is 2.46. The molecule has 0 fully saturated rings. The minimum absolute atomic E-state index is 0.483. The summed E-state index contributed by atoms with van der Waals surface area (Å²) < 4.78 is 1.56. The Hall–Kier alpha value is -1.17. The Morgan fingerprint density at radius 1 is 1.40 bits per heavy atom. The summed E-state index contributed by atoms with van der Waals surface area (Å²) in [5.74, 6) is 0. The average Bonchev–Trinajstić information content (AvgIpc) is 2.71. The first-order valence-corrected chi connectivity index (χ1v) is 4.92. The molecule has 78 valence electrons. The molecule has 0 atom stereocenters. The van der Waals surface area contributed by atoms with Crippen LogP contribution in [0, 0.1) is 0 Å². The maximum absolute atomic E-state index is 5.88. The third-order valence-corrected chi connectivity index (χ3v) is 2.26. The molecule has 0 radical (unpaired) electrons. The average molecular weight is 244 g/mol. The normalized spacial score (nSPS) is 10.5. The number of tetrazole rings is 1. The summed E-state index contributed by atoms with van der Waals surface area (Å²) in [4.78, 5) is 2.55. The standard InChI is InChI=1S/C8H7Cl2N5/c9-7-1-2-8(6(3-7)4-11-10)15-5-12-13-14-15/h1-3,5,11H,4H2. The van der Waals surface area contributed by atoms with Crippen LogP contribution in [0.2, 0.25) is 5.02 Å². The third kappa shape index (κ3) is 2.26. The zero-order valence-corrected chi connectivity index (χ0v) is 9.07. The molecule has 0 saturated carbocycles. The van der Waals surface area contributed by atoms with Crippen molar-refractivity contribution in [1.82, 2.24) is 25.0 Å². The Bertz CT molecular complexity index is 442. The molecule has 0 amide bonds. The minimum atomic E-state index is 0.483. The van der Waals surface area contributed by atoms with Gasteiger partial charge in [-0.15, -0.1) is 5.10 Å².